The van der Waals surface area contributed by atoms with E-state index in [0.29, 0.717) is 21.8 Å². The third kappa shape index (κ3) is 2.65. The predicted octanol–water partition coefficient (Wildman–Crippen LogP) is 3.16. The number of hydrogen-bond donors (Lipinski definition) is 1. The molecular formula is C16H9ClN4O2. The summed E-state index contributed by atoms with van der Waals surface area (Å²) in [5.74, 6) is -1.15. The summed E-state index contributed by atoms with van der Waals surface area (Å²) in [5.41, 5.74) is 2.11. The van der Waals surface area contributed by atoms with E-state index in [-0.39, 0.29) is 5.69 Å². The number of nitriles is 1. The summed E-state index contributed by atoms with van der Waals surface area (Å²) in [4.78, 5) is 11.2. The third-order valence-electron chi connectivity index (χ3n) is 3.30. The van der Waals surface area contributed by atoms with Crippen LogP contribution in [0.1, 0.15) is 16.1 Å². The molecule has 6 nitrogen and oxygen atoms in total. The van der Waals surface area contributed by atoms with E-state index in [1.54, 1.807) is 30.3 Å². The number of hydrogen-bond acceptors (Lipinski definition) is 4. The van der Waals surface area contributed by atoms with Gasteiger partial charge >= 0.3 is 5.97 Å². The number of carbonyl (C=O) groups is 1. The van der Waals surface area contributed by atoms with Crippen LogP contribution in [0.3, 0.4) is 0 Å². The van der Waals surface area contributed by atoms with E-state index < -0.39 is 5.97 Å². The molecule has 0 saturated carbocycles. The first-order valence-electron chi connectivity index (χ1n) is 6.55. The summed E-state index contributed by atoms with van der Waals surface area (Å²) >= 11 is 6.18. The summed E-state index contributed by atoms with van der Waals surface area (Å²) < 4.78 is 1.17. The van der Waals surface area contributed by atoms with Crippen molar-refractivity contribution in [2.45, 2.75) is 0 Å². The lowest BCUT2D eigenvalue weighted by molar-refractivity contribution is 0.0687. The van der Waals surface area contributed by atoms with E-state index in [9.17, 15) is 10.1 Å². The Labute approximate surface area is 136 Å². The molecule has 0 spiro atoms. The van der Waals surface area contributed by atoms with Crippen LogP contribution in [0.5, 0.6) is 0 Å². The Hall–Kier alpha value is -3.17. The molecule has 0 atom stereocenters. The van der Waals surface area contributed by atoms with Gasteiger partial charge < -0.3 is 5.11 Å². The molecule has 0 radical (unpaired) electrons. The maximum atomic E-state index is 11.2. The second-order valence-corrected chi connectivity index (χ2v) is 5.06. The number of rotatable bonds is 3. The molecule has 3 aromatic rings. The van der Waals surface area contributed by atoms with Gasteiger partial charge in [0.25, 0.3) is 0 Å². The monoisotopic (exact) mass is 324 g/mol. The quantitative estimate of drug-likeness (QED) is 0.799. The van der Waals surface area contributed by atoms with Gasteiger partial charge in [0.1, 0.15) is 0 Å². The summed E-state index contributed by atoms with van der Waals surface area (Å²) in [7, 11) is 0. The summed E-state index contributed by atoms with van der Waals surface area (Å²) in [6.45, 7) is 0. The van der Waals surface area contributed by atoms with Crippen molar-refractivity contribution in [3.63, 3.8) is 0 Å². The van der Waals surface area contributed by atoms with Crippen molar-refractivity contribution in [2.75, 3.05) is 0 Å². The fourth-order valence-corrected chi connectivity index (χ4v) is 2.48. The highest BCUT2D eigenvalue weighted by molar-refractivity contribution is 6.33. The first-order valence-corrected chi connectivity index (χ1v) is 6.93. The Morgan fingerprint density at radius 1 is 1.22 bits per heavy atom. The average Bonchev–Trinajstić information content (AvgIpc) is 3.05. The van der Waals surface area contributed by atoms with Crippen molar-refractivity contribution in [1.29, 1.82) is 5.26 Å². The van der Waals surface area contributed by atoms with Gasteiger partial charge in [-0.1, -0.05) is 41.1 Å². The summed E-state index contributed by atoms with van der Waals surface area (Å²) in [5, 5.41) is 26.4. The first-order chi connectivity index (χ1) is 11.1. The zero-order valence-electron chi connectivity index (χ0n) is 11.6. The van der Waals surface area contributed by atoms with E-state index in [4.69, 9.17) is 16.7 Å². The molecule has 0 aliphatic rings. The molecule has 0 aliphatic carbocycles. The van der Waals surface area contributed by atoms with Crippen molar-refractivity contribution < 1.29 is 9.90 Å². The van der Waals surface area contributed by atoms with E-state index in [2.05, 4.69) is 16.4 Å². The predicted molar refractivity (Wildman–Crippen MR) is 83.5 cm³/mol. The van der Waals surface area contributed by atoms with E-state index in [1.807, 2.05) is 12.1 Å². The highest BCUT2D eigenvalue weighted by atomic mass is 35.5. The zero-order valence-corrected chi connectivity index (χ0v) is 12.4. The molecule has 112 valence electrons. The number of nitrogens with zero attached hydrogens (tertiary/aromatic N) is 4. The highest BCUT2D eigenvalue weighted by Gasteiger charge is 2.15. The van der Waals surface area contributed by atoms with Crippen LogP contribution in [-0.2, 0) is 0 Å². The number of benzene rings is 2. The highest BCUT2D eigenvalue weighted by Crippen LogP contribution is 2.31. The molecular weight excluding hydrogens is 316 g/mol. The van der Waals surface area contributed by atoms with E-state index in [0.717, 1.165) is 11.8 Å². The average molecular weight is 325 g/mol. The van der Waals surface area contributed by atoms with Crippen molar-refractivity contribution in [3.8, 4) is 22.9 Å². The van der Waals surface area contributed by atoms with Crippen LogP contribution in [-0.4, -0.2) is 26.1 Å². The fraction of sp³-hybridized carbons (Fsp3) is 0. The topological polar surface area (TPSA) is 91.8 Å². The second kappa shape index (κ2) is 5.91. The lowest BCUT2D eigenvalue weighted by Gasteiger charge is -2.09. The van der Waals surface area contributed by atoms with Gasteiger partial charge in [0.2, 0.25) is 0 Å². The molecule has 3 rings (SSSR count). The van der Waals surface area contributed by atoms with Gasteiger partial charge in [-0.3, -0.25) is 0 Å². The number of carboxylic acid groups (broad SMARTS) is 1. The molecule has 2 aromatic carbocycles. The van der Waals surface area contributed by atoms with Gasteiger partial charge in [-0.25, -0.2) is 9.48 Å². The van der Waals surface area contributed by atoms with Crippen molar-refractivity contribution in [2.24, 2.45) is 0 Å². The number of aromatic carboxylic acids is 1. The maximum Gasteiger partial charge on any atom is 0.356 e. The minimum Gasteiger partial charge on any atom is -0.476 e. The zero-order chi connectivity index (χ0) is 16.4. The SMILES string of the molecule is N#Cc1cc(-n2nncc2C(=O)O)ccc1-c1ccccc1Cl. The van der Waals surface area contributed by atoms with Crippen LogP contribution in [0.2, 0.25) is 5.02 Å². The van der Waals surface area contributed by atoms with Gasteiger partial charge in [-0.05, 0) is 18.2 Å². The Morgan fingerprint density at radius 2 is 2.00 bits per heavy atom. The van der Waals surface area contributed by atoms with Gasteiger partial charge in [-0.15, -0.1) is 5.10 Å². The van der Waals surface area contributed by atoms with Gasteiger partial charge in [0, 0.05) is 16.1 Å². The van der Waals surface area contributed by atoms with Crippen LogP contribution in [0.15, 0.2) is 48.7 Å². The second-order valence-electron chi connectivity index (χ2n) is 4.66. The smallest absolute Gasteiger partial charge is 0.356 e. The molecule has 0 unspecified atom stereocenters. The molecule has 7 heteroatoms. The Morgan fingerprint density at radius 3 is 2.70 bits per heavy atom. The molecule has 0 fully saturated rings. The standard InChI is InChI=1S/C16H9ClN4O2/c17-14-4-2-1-3-13(14)12-6-5-11(7-10(12)8-18)21-15(16(22)23)9-19-20-21/h1-7,9H,(H,22,23). The van der Waals surface area contributed by atoms with E-state index in [1.165, 1.54) is 4.68 Å². The Bertz CT molecular complexity index is 943. The van der Waals surface area contributed by atoms with Crippen molar-refractivity contribution in [1.82, 2.24) is 15.0 Å². The summed E-state index contributed by atoms with van der Waals surface area (Å²) in [6.07, 6.45) is 1.15. The molecule has 1 N–H and O–H groups in total. The van der Waals surface area contributed by atoms with Gasteiger partial charge in [0.15, 0.2) is 5.69 Å². The number of carboxylic acids is 1. The van der Waals surface area contributed by atoms with E-state index >= 15 is 0 Å². The minimum absolute atomic E-state index is 0.0839. The molecule has 23 heavy (non-hydrogen) atoms. The summed E-state index contributed by atoms with van der Waals surface area (Å²) in [6, 6.07) is 14.2. The first kappa shape index (κ1) is 14.8. The number of halogens is 1. The Kier molecular flexibility index (Phi) is 3.79. The maximum absolute atomic E-state index is 11.2. The molecule has 1 aromatic heterocycles. The largest absolute Gasteiger partial charge is 0.476 e. The Balaban J connectivity index is 2.15. The number of aromatic nitrogens is 3. The molecule has 1 heterocycles. The van der Waals surface area contributed by atoms with Crippen molar-refractivity contribution in [3.05, 3.63) is 64.9 Å². The van der Waals surface area contributed by atoms with Gasteiger partial charge in [0.05, 0.1) is 23.5 Å². The van der Waals surface area contributed by atoms with Gasteiger partial charge in [-0.2, -0.15) is 5.26 Å². The van der Waals surface area contributed by atoms with Crippen LogP contribution in [0.4, 0.5) is 0 Å². The van der Waals surface area contributed by atoms with Crippen LogP contribution in [0.25, 0.3) is 16.8 Å². The molecule has 0 amide bonds. The molecule has 0 saturated heterocycles. The molecule has 0 aliphatic heterocycles. The van der Waals surface area contributed by atoms with Crippen LogP contribution in [0, 0.1) is 11.3 Å². The van der Waals surface area contributed by atoms with Crippen LogP contribution < -0.4 is 0 Å². The fourth-order valence-electron chi connectivity index (χ4n) is 2.24. The third-order valence-corrected chi connectivity index (χ3v) is 3.63. The van der Waals surface area contributed by atoms with Crippen molar-refractivity contribution >= 4 is 17.6 Å². The lowest BCUT2D eigenvalue weighted by atomic mass is 9.99. The minimum atomic E-state index is -1.15. The van der Waals surface area contributed by atoms with Crippen LogP contribution >= 0.6 is 11.6 Å². The molecule has 0 bridgehead atoms. The normalized spacial score (nSPS) is 10.3. The lowest BCUT2D eigenvalue weighted by Crippen LogP contribution is -2.08.